The zero-order chi connectivity index (χ0) is 16.4. The monoisotopic (exact) mass is 326 g/mol. The molecule has 0 aliphatic rings. The van der Waals surface area contributed by atoms with Gasteiger partial charge in [0.2, 0.25) is 0 Å². The highest BCUT2D eigenvalue weighted by Gasteiger charge is 2.10. The molecule has 0 fully saturated rings. The summed E-state index contributed by atoms with van der Waals surface area (Å²) >= 11 is 1.56. The van der Waals surface area contributed by atoms with Crippen LogP contribution in [0.4, 0.5) is 0 Å². The molecule has 23 heavy (non-hydrogen) atoms. The molecule has 0 atom stereocenters. The number of carbonyl (C=O) groups is 1. The molecular weight excluding hydrogens is 308 g/mol. The number of benzene rings is 2. The van der Waals surface area contributed by atoms with Crippen LogP contribution < -0.4 is 0 Å². The Morgan fingerprint density at radius 2 is 1.91 bits per heavy atom. The van der Waals surface area contributed by atoms with Crippen LogP contribution in [0.15, 0.2) is 42.5 Å². The molecule has 0 amide bonds. The number of Topliss-reactive ketones (excluding diaryl/α,β-unsaturated/α-hetero) is 1. The van der Waals surface area contributed by atoms with Crippen molar-refractivity contribution in [1.29, 1.82) is 0 Å². The molecule has 0 radical (unpaired) electrons. The van der Waals surface area contributed by atoms with Crippen LogP contribution in [0.25, 0.3) is 20.8 Å². The summed E-state index contributed by atoms with van der Waals surface area (Å²) in [6.45, 7) is 0.442. The Balaban J connectivity index is 1.92. The second-order valence-electron chi connectivity index (χ2n) is 5.72. The zero-order valence-corrected chi connectivity index (χ0v) is 13.9. The van der Waals surface area contributed by atoms with Gasteiger partial charge in [-0.25, -0.2) is 4.98 Å². The summed E-state index contributed by atoms with van der Waals surface area (Å²) in [5.41, 5.74) is 3.73. The van der Waals surface area contributed by atoms with Crippen LogP contribution in [0, 0.1) is 0 Å². The van der Waals surface area contributed by atoms with E-state index in [0.29, 0.717) is 5.56 Å². The first-order valence-corrected chi connectivity index (χ1v) is 8.17. The first-order valence-electron chi connectivity index (χ1n) is 7.35. The molecule has 1 heterocycles. The van der Waals surface area contributed by atoms with Crippen LogP contribution in [-0.2, 0) is 6.54 Å². The van der Waals surface area contributed by atoms with Gasteiger partial charge in [-0.2, -0.15) is 0 Å². The highest BCUT2D eigenvalue weighted by atomic mass is 32.1. The molecule has 5 heteroatoms. The van der Waals surface area contributed by atoms with Crippen molar-refractivity contribution >= 4 is 27.3 Å². The van der Waals surface area contributed by atoms with Crippen LogP contribution in [0.1, 0.15) is 15.9 Å². The van der Waals surface area contributed by atoms with E-state index in [1.807, 2.05) is 20.2 Å². The van der Waals surface area contributed by atoms with Gasteiger partial charge in [0.25, 0.3) is 0 Å². The Morgan fingerprint density at radius 1 is 1.17 bits per heavy atom. The van der Waals surface area contributed by atoms with Crippen molar-refractivity contribution in [3.8, 4) is 10.6 Å². The van der Waals surface area contributed by atoms with E-state index in [1.54, 1.807) is 23.5 Å². The lowest BCUT2D eigenvalue weighted by Gasteiger charge is -2.09. The molecule has 0 saturated carbocycles. The molecule has 0 unspecified atom stereocenters. The van der Waals surface area contributed by atoms with Gasteiger partial charge in [0, 0.05) is 17.7 Å². The normalized spacial score (nSPS) is 11.3. The van der Waals surface area contributed by atoms with Crippen molar-refractivity contribution in [2.45, 2.75) is 6.54 Å². The smallest absolute Gasteiger partial charge is 0.188 e. The summed E-state index contributed by atoms with van der Waals surface area (Å²) in [7, 11) is 4.10. The molecule has 0 saturated heterocycles. The van der Waals surface area contributed by atoms with E-state index in [0.717, 1.165) is 27.3 Å². The second-order valence-corrected chi connectivity index (χ2v) is 6.75. The highest BCUT2D eigenvalue weighted by Crippen LogP contribution is 2.31. The van der Waals surface area contributed by atoms with Gasteiger partial charge >= 0.3 is 0 Å². The summed E-state index contributed by atoms with van der Waals surface area (Å²) in [6, 6.07) is 13.7. The first kappa shape index (κ1) is 15.8. The average Bonchev–Trinajstić information content (AvgIpc) is 2.97. The van der Waals surface area contributed by atoms with Crippen LogP contribution in [0.2, 0.25) is 0 Å². The lowest BCUT2D eigenvalue weighted by atomic mass is 10.1. The number of rotatable bonds is 5. The number of aliphatic hydroxyl groups is 1. The molecule has 3 rings (SSSR count). The minimum absolute atomic E-state index is 0.269. The molecule has 0 aliphatic carbocycles. The van der Waals surface area contributed by atoms with Gasteiger partial charge in [0.15, 0.2) is 5.78 Å². The molecule has 4 nitrogen and oxygen atoms in total. The third-order valence-electron chi connectivity index (χ3n) is 3.55. The number of carbonyl (C=O) groups excluding carboxylic acids is 1. The van der Waals surface area contributed by atoms with E-state index in [-0.39, 0.29) is 5.78 Å². The summed E-state index contributed by atoms with van der Waals surface area (Å²) in [5.74, 6) is -0.269. The molecule has 2 aromatic carbocycles. The number of aliphatic hydroxyl groups excluding tert-OH is 1. The topological polar surface area (TPSA) is 53.4 Å². The van der Waals surface area contributed by atoms with Crippen molar-refractivity contribution in [3.63, 3.8) is 0 Å². The molecule has 118 valence electrons. The Bertz CT molecular complexity index is 838. The van der Waals surface area contributed by atoms with Crippen molar-refractivity contribution in [2.24, 2.45) is 0 Å². The Morgan fingerprint density at radius 3 is 2.57 bits per heavy atom. The number of nitrogens with zero attached hydrogens (tertiary/aromatic N) is 2. The van der Waals surface area contributed by atoms with Gasteiger partial charge in [-0.15, -0.1) is 11.3 Å². The maximum absolute atomic E-state index is 11.6. The van der Waals surface area contributed by atoms with Crippen LogP contribution in [0.3, 0.4) is 0 Å². The van der Waals surface area contributed by atoms with E-state index >= 15 is 0 Å². The van der Waals surface area contributed by atoms with Crippen molar-refractivity contribution in [1.82, 2.24) is 9.88 Å². The van der Waals surface area contributed by atoms with E-state index in [2.05, 4.69) is 34.1 Å². The van der Waals surface area contributed by atoms with Crippen LogP contribution >= 0.6 is 11.3 Å². The molecule has 3 aromatic rings. The SMILES string of the molecule is CN(C)Cc1ccc(-c2nc3ccc(C(=O)CO)cc3s2)cc1. The number of fused-ring (bicyclic) bond motifs is 1. The van der Waals surface area contributed by atoms with Gasteiger partial charge in [-0.05, 0) is 37.9 Å². The highest BCUT2D eigenvalue weighted by molar-refractivity contribution is 7.21. The predicted molar refractivity (Wildman–Crippen MR) is 93.9 cm³/mol. The predicted octanol–water partition coefficient (Wildman–Crippen LogP) is 3.20. The summed E-state index contributed by atoms with van der Waals surface area (Å²) in [5, 5.41) is 9.90. The summed E-state index contributed by atoms with van der Waals surface area (Å²) in [6.07, 6.45) is 0. The fourth-order valence-corrected chi connectivity index (χ4v) is 3.44. The van der Waals surface area contributed by atoms with Crippen LogP contribution in [-0.4, -0.2) is 41.5 Å². The number of aromatic nitrogens is 1. The third-order valence-corrected chi connectivity index (χ3v) is 4.62. The quantitative estimate of drug-likeness (QED) is 0.732. The van der Waals surface area contributed by atoms with Crippen molar-refractivity contribution in [2.75, 3.05) is 20.7 Å². The number of hydrogen-bond acceptors (Lipinski definition) is 5. The van der Waals surface area contributed by atoms with Crippen LogP contribution in [0.5, 0.6) is 0 Å². The number of thiazole rings is 1. The number of hydrogen-bond donors (Lipinski definition) is 1. The Labute approximate surface area is 139 Å². The fraction of sp³-hybridized carbons (Fsp3) is 0.222. The van der Waals surface area contributed by atoms with Gasteiger partial charge in [-0.3, -0.25) is 4.79 Å². The van der Waals surface area contributed by atoms with E-state index in [1.165, 1.54) is 5.56 Å². The largest absolute Gasteiger partial charge is 0.388 e. The van der Waals surface area contributed by atoms with Gasteiger partial charge < -0.3 is 10.0 Å². The third kappa shape index (κ3) is 3.47. The van der Waals surface area contributed by atoms with Gasteiger partial charge in [0.1, 0.15) is 11.6 Å². The Kier molecular flexibility index (Phi) is 4.52. The summed E-state index contributed by atoms with van der Waals surface area (Å²) in [4.78, 5) is 18.4. The molecule has 0 aliphatic heterocycles. The molecule has 0 spiro atoms. The lowest BCUT2D eigenvalue weighted by molar-refractivity contribution is 0.0904. The molecule has 1 aromatic heterocycles. The molecule has 0 bridgehead atoms. The lowest BCUT2D eigenvalue weighted by Crippen LogP contribution is -2.10. The molecule has 1 N–H and O–H groups in total. The zero-order valence-electron chi connectivity index (χ0n) is 13.1. The Hall–Kier alpha value is -2.08. The maximum Gasteiger partial charge on any atom is 0.188 e. The van der Waals surface area contributed by atoms with Crippen molar-refractivity contribution in [3.05, 3.63) is 53.6 Å². The molecular formula is C18H18N2O2S. The van der Waals surface area contributed by atoms with E-state index in [9.17, 15) is 4.79 Å². The summed E-state index contributed by atoms with van der Waals surface area (Å²) < 4.78 is 0.955. The van der Waals surface area contributed by atoms with E-state index < -0.39 is 6.61 Å². The average molecular weight is 326 g/mol. The maximum atomic E-state index is 11.6. The van der Waals surface area contributed by atoms with Gasteiger partial charge in [0.05, 0.1) is 10.2 Å². The van der Waals surface area contributed by atoms with Crippen molar-refractivity contribution < 1.29 is 9.90 Å². The minimum atomic E-state index is -0.468. The fourth-order valence-electron chi connectivity index (χ4n) is 2.43. The standard InChI is InChI=1S/C18H18N2O2S/c1-20(2)10-12-3-5-13(6-4-12)18-19-15-8-7-14(16(22)11-21)9-17(15)23-18/h3-9,21H,10-11H2,1-2H3. The minimum Gasteiger partial charge on any atom is -0.388 e. The first-order chi connectivity index (χ1) is 11.1. The second kappa shape index (κ2) is 6.58. The van der Waals surface area contributed by atoms with Gasteiger partial charge in [-0.1, -0.05) is 24.3 Å². The number of ketones is 1. The van der Waals surface area contributed by atoms with E-state index in [4.69, 9.17) is 5.11 Å².